The molecule has 0 spiro atoms. The van der Waals surface area contributed by atoms with E-state index in [1.54, 1.807) is 6.92 Å². The van der Waals surface area contributed by atoms with Gasteiger partial charge in [-0.3, -0.25) is 14.4 Å². The average Bonchev–Trinajstić information content (AvgIpc) is 2.78. The second-order valence-electron chi connectivity index (χ2n) is 14.8. The van der Waals surface area contributed by atoms with Crippen LogP contribution in [0.3, 0.4) is 0 Å². The maximum atomic E-state index is 14.4. The Balaban J connectivity index is 1.87. The summed E-state index contributed by atoms with van der Waals surface area (Å²) >= 11 is 0. The van der Waals surface area contributed by atoms with Crippen LogP contribution < -0.4 is 0 Å². The van der Waals surface area contributed by atoms with Gasteiger partial charge < -0.3 is 0 Å². The molecule has 0 bridgehead atoms. The van der Waals surface area contributed by atoms with Gasteiger partial charge in [0.15, 0.2) is 6.29 Å². The van der Waals surface area contributed by atoms with Crippen LogP contribution >= 0.6 is 0 Å². The molecule has 4 rings (SSSR count). The number of allylic oxidation sites excluding steroid dienone is 2. The number of fused-ring (bicyclic) bond motifs is 5. The topological polar surface area (TPSA) is 75.0 Å². The van der Waals surface area contributed by atoms with E-state index in [1.165, 1.54) is 0 Å². The van der Waals surface area contributed by atoms with Crippen LogP contribution in [-0.2, 0) is 14.4 Å². The van der Waals surface area contributed by atoms with Crippen LogP contribution in [0.2, 0.25) is 0 Å². The summed E-state index contributed by atoms with van der Waals surface area (Å²) in [5.74, 6) is 1.38. The monoisotopic (exact) mass is 493 g/mol. The summed E-state index contributed by atoms with van der Waals surface area (Å²) in [6, 6.07) is 2.10. The quantitative estimate of drug-likeness (QED) is 0.237. The van der Waals surface area contributed by atoms with Crippen molar-refractivity contribution in [1.29, 1.82) is 5.26 Å². The van der Waals surface area contributed by atoms with E-state index in [9.17, 15) is 19.6 Å². The summed E-state index contributed by atoms with van der Waals surface area (Å²) in [5, 5.41) is 9.66. The summed E-state index contributed by atoms with van der Waals surface area (Å²) in [5.41, 5.74) is -0.746. The minimum absolute atomic E-state index is 0.0737. The van der Waals surface area contributed by atoms with Crippen molar-refractivity contribution in [3.05, 3.63) is 11.6 Å². The Bertz CT molecular complexity index is 1030. The number of nitriles is 1. The number of rotatable bonds is 4. The zero-order valence-electron chi connectivity index (χ0n) is 23.9. The first-order chi connectivity index (χ1) is 16.6. The normalized spacial score (nSPS) is 46.2. The van der Waals surface area contributed by atoms with E-state index in [4.69, 9.17) is 0 Å². The van der Waals surface area contributed by atoms with Gasteiger partial charge in [-0.15, -0.1) is 0 Å². The molecular formula is C32H47NO3. The fourth-order valence-electron chi connectivity index (χ4n) is 10.3. The molecule has 8 unspecified atom stereocenters. The first-order valence-electron chi connectivity index (χ1n) is 14.2. The molecule has 0 heterocycles. The van der Waals surface area contributed by atoms with Crippen LogP contribution in [0.1, 0.15) is 107 Å². The van der Waals surface area contributed by atoms with Gasteiger partial charge in [0.25, 0.3) is 0 Å². The van der Waals surface area contributed by atoms with Gasteiger partial charge in [-0.25, -0.2) is 0 Å². The van der Waals surface area contributed by atoms with Gasteiger partial charge in [0.2, 0.25) is 0 Å². The molecule has 8 atom stereocenters. The van der Waals surface area contributed by atoms with E-state index < -0.39 is 5.41 Å². The standard InChI is InChI=1S/C32H47NO3/c1-20(2)23-9-10-30(7)26(29(23,6)16-22(18-33)19-34)15-25(36)27-24-17-28(4,5)11-13-32(24,21(3)35)14-12-31(27,30)8/h16,19-20,23-24,26-27H,9-15,17H2,1-8H3. The molecule has 0 aromatic rings. The largest absolute Gasteiger partial charge is 0.299 e. The van der Waals surface area contributed by atoms with Crippen molar-refractivity contribution in [1.82, 2.24) is 0 Å². The SMILES string of the molecule is CC(=O)C12CCC(C)(C)CC1C1C(=O)CC3C(C)(C=C(C#N)C=O)C(C(C)C)CCC3(C)C1(C)CC2. The number of ketones is 2. The highest BCUT2D eigenvalue weighted by molar-refractivity contribution is 5.88. The third kappa shape index (κ3) is 3.62. The van der Waals surface area contributed by atoms with Gasteiger partial charge in [0, 0.05) is 17.8 Å². The van der Waals surface area contributed by atoms with E-state index >= 15 is 0 Å². The predicted molar refractivity (Wildman–Crippen MR) is 142 cm³/mol. The summed E-state index contributed by atoms with van der Waals surface area (Å²) in [4.78, 5) is 39.4. The summed E-state index contributed by atoms with van der Waals surface area (Å²) < 4.78 is 0. The number of nitrogens with zero attached hydrogens (tertiary/aromatic N) is 1. The van der Waals surface area contributed by atoms with E-state index in [2.05, 4.69) is 54.5 Å². The number of aldehydes is 1. The Morgan fingerprint density at radius 2 is 1.67 bits per heavy atom. The summed E-state index contributed by atoms with van der Waals surface area (Å²) in [7, 11) is 0. The summed E-state index contributed by atoms with van der Waals surface area (Å²) in [6.45, 7) is 17.8. The van der Waals surface area contributed by atoms with Crippen molar-refractivity contribution >= 4 is 17.9 Å². The first kappa shape index (κ1) is 27.3. The Morgan fingerprint density at radius 1 is 1.03 bits per heavy atom. The van der Waals surface area contributed by atoms with Crippen molar-refractivity contribution in [2.45, 2.75) is 107 Å². The van der Waals surface area contributed by atoms with Crippen LogP contribution in [0.4, 0.5) is 0 Å². The maximum absolute atomic E-state index is 14.4. The second kappa shape index (κ2) is 8.64. The molecule has 0 amide bonds. The molecule has 4 heteroatoms. The minimum Gasteiger partial charge on any atom is -0.299 e. The highest BCUT2D eigenvalue weighted by Gasteiger charge is 2.71. The molecule has 0 aliphatic heterocycles. The fourth-order valence-corrected chi connectivity index (χ4v) is 10.3. The van der Waals surface area contributed by atoms with Crippen LogP contribution in [-0.4, -0.2) is 17.9 Å². The lowest BCUT2D eigenvalue weighted by Crippen LogP contribution is -2.68. The molecular weight excluding hydrogens is 446 g/mol. The van der Waals surface area contributed by atoms with E-state index in [-0.39, 0.29) is 50.8 Å². The lowest BCUT2D eigenvalue weighted by Gasteiger charge is -2.71. The molecule has 0 saturated heterocycles. The van der Waals surface area contributed by atoms with Crippen LogP contribution in [0.15, 0.2) is 11.6 Å². The maximum Gasteiger partial charge on any atom is 0.160 e. The summed E-state index contributed by atoms with van der Waals surface area (Å²) in [6.07, 6.45) is 9.83. The highest BCUT2D eigenvalue weighted by Crippen LogP contribution is 2.74. The Labute approximate surface area is 218 Å². The van der Waals surface area contributed by atoms with E-state index in [1.807, 2.05) is 6.08 Å². The van der Waals surface area contributed by atoms with Gasteiger partial charge >= 0.3 is 0 Å². The van der Waals surface area contributed by atoms with Gasteiger partial charge in [-0.05, 0) is 97.2 Å². The van der Waals surface area contributed by atoms with Crippen molar-refractivity contribution in [2.75, 3.05) is 0 Å². The van der Waals surface area contributed by atoms with Crippen molar-refractivity contribution < 1.29 is 14.4 Å². The molecule has 0 N–H and O–H groups in total. The molecule has 4 aliphatic rings. The third-order valence-corrected chi connectivity index (χ3v) is 12.5. The van der Waals surface area contributed by atoms with Gasteiger partial charge in [0.1, 0.15) is 17.6 Å². The Morgan fingerprint density at radius 3 is 2.22 bits per heavy atom. The van der Waals surface area contributed by atoms with Gasteiger partial charge in [-0.2, -0.15) is 5.26 Å². The molecule has 0 aromatic carbocycles. The Kier molecular flexibility index (Phi) is 6.55. The van der Waals surface area contributed by atoms with Crippen LogP contribution in [0, 0.1) is 68.0 Å². The second-order valence-corrected chi connectivity index (χ2v) is 14.8. The van der Waals surface area contributed by atoms with E-state index in [0.29, 0.717) is 30.3 Å². The zero-order valence-corrected chi connectivity index (χ0v) is 23.9. The molecule has 0 aromatic heterocycles. The fraction of sp³-hybridized carbons (Fsp3) is 0.812. The zero-order chi connectivity index (χ0) is 26.9. The molecule has 4 nitrogen and oxygen atoms in total. The number of hydrogen-bond donors (Lipinski definition) is 0. The lowest BCUT2D eigenvalue weighted by atomic mass is 9.32. The average molecular weight is 494 g/mol. The number of Topliss-reactive ketones (excluding diaryl/α,β-unsaturated/α-hetero) is 2. The van der Waals surface area contributed by atoms with Gasteiger partial charge in [-0.1, -0.05) is 54.5 Å². The van der Waals surface area contributed by atoms with Crippen molar-refractivity contribution in [2.24, 2.45) is 56.7 Å². The van der Waals surface area contributed by atoms with Gasteiger partial charge in [0.05, 0.1) is 5.57 Å². The Hall–Kier alpha value is -1.76. The smallest absolute Gasteiger partial charge is 0.160 e. The minimum atomic E-state index is -0.405. The van der Waals surface area contributed by atoms with E-state index in [0.717, 1.165) is 44.9 Å². The first-order valence-corrected chi connectivity index (χ1v) is 14.2. The molecule has 4 aliphatic carbocycles. The number of carbonyl (C=O) groups is 3. The lowest BCUT2D eigenvalue weighted by molar-refractivity contribution is -0.217. The molecule has 198 valence electrons. The van der Waals surface area contributed by atoms with Crippen LogP contribution in [0.5, 0.6) is 0 Å². The van der Waals surface area contributed by atoms with Crippen molar-refractivity contribution in [3.8, 4) is 6.07 Å². The highest BCUT2D eigenvalue weighted by atomic mass is 16.1. The number of hydrogen-bond acceptors (Lipinski definition) is 4. The molecule has 4 fully saturated rings. The molecule has 0 radical (unpaired) electrons. The number of carbonyl (C=O) groups excluding carboxylic acids is 3. The van der Waals surface area contributed by atoms with Crippen molar-refractivity contribution in [3.63, 3.8) is 0 Å². The molecule has 36 heavy (non-hydrogen) atoms. The molecule has 4 saturated carbocycles. The predicted octanol–water partition coefficient (Wildman–Crippen LogP) is 7.12. The van der Waals surface area contributed by atoms with Crippen LogP contribution in [0.25, 0.3) is 0 Å². The third-order valence-electron chi connectivity index (χ3n) is 12.5.